The molecule has 1 amide bonds. The molecule has 2 aliphatic rings. The lowest BCUT2D eigenvalue weighted by atomic mass is 9.84. The number of nitrogens with two attached hydrogens (primary N) is 1. The smallest absolute Gasteiger partial charge is 0.229 e. The van der Waals surface area contributed by atoms with Crippen LogP contribution in [0.2, 0.25) is 0 Å². The minimum atomic E-state index is -1.28. The number of hydrogen-bond donors (Lipinski definition) is 2. The second-order valence-electron chi connectivity index (χ2n) is 5.67. The SMILES string of the molecule is Cl.NC1C2CCC(C2)C1C(=O)Nc1cc(F)c(F)cc1F. The molecule has 3 nitrogen and oxygen atoms in total. The van der Waals surface area contributed by atoms with Crippen molar-refractivity contribution in [3.63, 3.8) is 0 Å². The molecule has 0 aliphatic heterocycles. The normalized spacial score (nSPS) is 30.1. The zero-order valence-electron chi connectivity index (χ0n) is 11.1. The maximum Gasteiger partial charge on any atom is 0.229 e. The van der Waals surface area contributed by atoms with E-state index in [0.717, 1.165) is 19.3 Å². The van der Waals surface area contributed by atoms with Crippen LogP contribution in [0.1, 0.15) is 19.3 Å². The van der Waals surface area contributed by atoms with Gasteiger partial charge in [0.05, 0.1) is 11.6 Å². The molecule has 3 rings (SSSR count). The van der Waals surface area contributed by atoms with Crippen LogP contribution < -0.4 is 11.1 Å². The van der Waals surface area contributed by atoms with Gasteiger partial charge in [0, 0.05) is 18.2 Å². The van der Waals surface area contributed by atoms with E-state index in [4.69, 9.17) is 5.73 Å². The fraction of sp³-hybridized carbons (Fsp3) is 0.500. The van der Waals surface area contributed by atoms with Crippen LogP contribution in [0.4, 0.5) is 18.9 Å². The van der Waals surface area contributed by atoms with Gasteiger partial charge in [-0.25, -0.2) is 13.2 Å². The van der Waals surface area contributed by atoms with Crippen molar-refractivity contribution in [2.75, 3.05) is 5.32 Å². The van der Waals surface area contributed by atoms with Crippen LogP contribution in [0.15, 0.2) is 12.1 Å². The summed E-state index contributed by atoms with van der Waals surface area (Å²) in [4.78, 5) is 12.2. The standard InChI is InChI=1S/C14H15F3N2O.ClH/c15-8-4-10(17)11(5-9(8)16)19-14(20)12-6-1-2-7(3-6)13(12)18;/h4-7,12-13H,1-3,18H2,(H,19,20);1H. The predicted molar refractivity (Wildman–Crippen MR) is 74.5 cm³/mol. The highest BCUT2D eigenvalue weighted by Crippen LogP contribution is 2.47. The molecule has 2 aliphatic carbocycles. The van der Waals surface area contributed by atoms with Crippen molar-refractivity contribution in [2.24, 2.45) is 23.5 Å². The number of benzene rings is 1. The third-order valence-electron chi connectivity index (χ3n) is 4.55. The molecule has 2 bridgehead atoms. The van der Waals surface area contributed by atoms with E-state index in [-0.39, 0.29) is 36.0 Å². The molecule has 0 saturated heterocycles. The average Bonchev–Trinajstić information content (AvgIpc) is 2.96. The first-order chi connectivity index (χ1) is 9.47. The van der Waals surface area contributed by atoms with Gasteiger partial charge in [-0.15, -0.1) is 12.4 Å². The summed E-state index contributed by atoms with van der Waals surface area (Å²) in [6.45, 7) is 0. The summed E-state index contributed by atoms with van der Waals surface area (Å²) in [5, 5.41) is 2.33. The van der Waals surface area contributed by atoms with Gasteiger partial charge >= 0.3 is 0 Å². The Hall–Kier alpha value is -1.27. The van der Waals surface area contributed by atoms with E-state index in [0.29, 0.717) is 18.1 Å². The van der Waals surface area contributed by atoms with E-state index in [1.165, 1.54) is 0 Å². The number of rotatable bonds is 2. The van der Waals surface area contributed by atoms with Crippen molar-refractivity contribution in [2.45, 2.75) is 25.3 Å². The zero-order chi connectivity index (χ0) is 14.4. The maximum atomic E-state index is 13.5. The quantitative estimate of drug-likeness (QED) is 0.823. The van der Waals surface area contributed by atoms with Crippen LogP contribution in [0.5, 0.6) is 0 Å². The van der Waals surface area contributed by atoms with E-state index < -0.39 is 23.4 Å². The lowest BCUT2D eigenvalue weighted by molar-refractivity contribution is -0.121. The van der Waals surface area contributed by atoms with Gasteiger partial charge in [0.2, 0.25) is 5.91 Å². The lowest BCUT2D eigenvalue weighted by Crippen LogP contribution is -2.42. The number of fused-ring (bicyclic) bond motifs is 2. The number of amides is 1. The van der Waals surface area contributed by atoms with Gasteiger partial charge in [-0.05, 0) is 31.1 Å². The Morgan fingerprint density at radius 1 is 1.10 bits per heavy atom. The fourth-order valence-corrected chi connectivity index (χ4v) is 3.56. The maximum absolute atomic E-state index is 13.5. The van der Waals surface area contributed by atoms with E-state index in [1.807, 2.05) is 0 Å². The Morgan fingerprint density at radius 2 is 1.71 bits per heavy atom. The molecular formula is C14H16ClF3N2O. The van der Waals surface area contributed by atoms with Crippen molar-refractivity contribution in [3.8, 4) is 0 Å². The highest BCUT2D eigenvalue weighted by Gasteiger charge is 2.49. The molecule has 0 spiro atoms. The summed E-state index contributed by atoms with van der Waals surface area (Å²) in [6.07, 6.45) is 2.88. The van der Waals surface area contributed by atoms with E-state index in [9.17, 15) is 18.0 Å². The number of halogens is 4. The summed E-state index contributed by atoms with van der Waals surface area (Å²) < 4.78 is 39.4. The van der Waals surface area contributed by atoms with Gasteiger partial charge < -0.3 is 11.1 Å². The molecule has 7 heteroatoms. The average molecular weight is 321 g/mol. The van der Waals surface area contributed by atoms with Gasteiger partial charge in [-0.3, -0.25) is 4.79 Å². The highest BCUT2D eigenvalue weighted by atomic mass is 35.5. The van der Waals surface area contributed by atoms with Crippen LogP contribution in [-0.2, 0) is 4.79 Å². The Balaban J connectivity index is 0.00000161. The van der Waals surface area contributed by atoms with Crippen molar-refractivity contribution in [1.82, 2.24) is 0 Å². The predicted octanol–water partition coefficient (Wildman–Crippen LogP) is 2.84. The molecule has 4 unspecified atom stereocenters. The number of anilines is 1. The van der Waals surface area contributed by atoms with Gasteiger partial charge in [0.25, 0.3) is 0 Å². The molecule has 2 saturated carbocycles. The monoisotopic (exact) mass is 320 g/mol. The molecular weight excluding hydrogens is 305 g/mol. The lowest BCUT2D eigenvalue weighted by Gasteiger charge is -2.27. The Kier molecular flexibility index (Phi) is 4.49. The van der Waals surface area contributed by atoms with Crippen LogP contribution in [0, 0.1) is 35.2 Å². The van der Waals surface area contributed by atoms with Crippen molar-refractivity contribution in [1.29, 1.82) is 0 Å². The molecule has 21 heavy (non-hydrogen) atoms. The van der Waals surface area contributed by atoms with Crippen molar-refractivity contribution in [3.05, 3.63) is 29.6 Å². The number of nitrogens with one attached hydrogen (secondary N) is 1. The molecule has 1 aromatic carbocycles. The molecule has 2 fully saturated rings. The van der Waals surface area contributed by atoms with Gasteiger partial charge in [0.1, 0.15) is 5.82 Å². The third-order valence-corrected chi connectivity index (χ3v) is 4.55. The first-order valence-electron chi connectivity index (χ1n) is 6.68. The molecule has 3 N–H and O–H groups in total. The molecule has 0 radical (unpaired) electrons. The number of hydrogen-bond acceptors (Lipinski definition) is 2. The topological polar surface area (TPSA) is 55.1 Å². The first kappa shape index (κ1) is 16.1. The third kappa shape index (κ3) is 2.74. The Bertz CT molecular complexity index is 567. The van der Waals surface area contributed by atoms with Crippen LogP contribution in [0.25, 0.3) is 0 Å². The Morgan fingerprint density at radius 3 is 2.33 bits per heavy atom. The van der Waals surface area contributed by atoms with Crippen LogP contribution >= 0.6 is 12.4 Å². The highest BCUT2D eigenvalue weighted by molar-refractivity contribution is 5.93. The fourth-order valence-electron chi connectivity index (χ4n) is 3.56. The number of carbonyl (C=O) groups is 1. The Labute approximate surface area is 126 Å². The summed E-state index contributed by atoms with van der Waals surface area (Å²) in [6, 6.07) is 0.842. The van der Waals surface area contributed by atoms with Gasteiger partial charge in [-0.2, -0.15) is 0 Å². The van der Waals surface area contributed by atoms with Crippen LogP contribution in [0.3, 0.4) is 0 Å². The molecule has 0 heterocycles. The molecule has 116 valence electrons. The second kappa shape index (κ2) is 5.85. The second-order valence-corrected chi connectivity index (χ2v) is 5.67. The van der Waals surface area contributed by atoms with Gasteiger partial charge in [-0.1, -0.05) is 0 Å². The molecule has 0 aromatic heterocycles. The van der Waals surface area contributed by atoms with Crippen LogP contribution in [-0.4, -0.2) is 11.9 Å². The number of carbonyl (C=O) groups excluding carboxylic acids is 1. The summed E-state index contributed by atoms with van der Waals surface area (Å²) in [7, 11) is 0. The molecule has 1 aromatic rings. The van der Waals surface area contributed by atoms with Crippen molar-refractivity contribution < 1.29 is 18.0 Å². The largest absolute Gasteiger partial charge is 0.327 e. The van der Waals surface area contributed by atoms with E-state index >= 15 is 0 Å². The molecule has 4 atom stereocenters. The van der Waals surface area contributed by atoms with Gasteiger partial charge in [0.15, 0.2) is 11.6 Å². The zero-order valence-corrected chi connectivity index (χ0v) is 11.9. The minimum Gasteiger partial charge on any atom is -0.327 e. The van der Waals surface area contributed by atoms with E-state index in [1.54, 1.807) is 0 Å². The summed E-state index contributed by atoms with van der Waals surface area (Å²) in [5.41, 5.74) is 5.68. The minimum absolute atomic E-state index is 0. The van der Waals surface area contributed by atoms with Crippen molar-refractivity contribution >= 4 is 24.0 Å². The van der Waals surface area contributed by atoms with E-state index in [2.05, 4.69) is 5.32 Å². The first-order valence-corrected chi connectivity index (χ1v) is 6.68. The summed E-state index contributed by atoms with van der Waals surface area (Å²) >= 11 is 0. The summed E-state index contributed by atoms with van der Waals surface area (Å²) in [5.74, 6) is -3.70.